The Bertz CT molecular complexity index is 497. The molecule has 1 atom stereocenters. The lowest BCUT2D eigenvalue weighted by Gasteiger charge is -2.20. The van der Waals surface area contributed by atoms with Crippen LogP contribution in [0.4, 0.5) is 4.79 Å². The van der Waals surface area contributed by atoms with Crippen LogP contribution in [0.1, 0.15) is 25.8 Å². The Morgan fingerprint density at radius 3 is 2.50 bits per heavy atom. The van der Waals surface area contributed by atoms with Crippen LogP contribution in [0.15, 0.2) is 42.5 Å². The molecule has 0 fully saturated rings. The molecule has 1 rings (SSSR count). The van der Waals surface area contributed by atoms with Crippen molar-refractivity contribution in [3.8, 4) is 0 Å². The number of hydrogen-bond acceptors (Lipinski definition) is 4. The van der Waals surface area contributed by atoms with Crippen molar-refractivity contribution in [1.82, 2.24) is 5.32 Å². The van der Waals surface area contributed by atoms with Crippen LogP contribution in [0.25, 0.3) is 0 Å². The second-order valence-electron chi connectivity index (χ2n) is 5.22. The van der Waals surface area contributed by atoms with Crippen LogP contribution >= 0.6 is 0 Å². The molecular formula is C17H23NO4. The van der Waals surface area contributed by atoms with Crippen LogP contribution in [0.3, 0.4) is 0 Å². The summed E-state index contributed by atoms with van der Waals surface area (Å²) in [6.07, 6.45) is 3.11. The van der Waals surface area contributed by atoms with Gasteiger partial charge in [-0.25, -0.2) is 9.59 Å². The summed E-state index contributed by atoms with van der Waals surface area (Å²) in [5, 5.41) is 2.81. The maximum atomic E-state index is 11.8. The van der Waals surface area contributed by atoms with E-state index in [0.29, 0.717) is 6.42 Å². The Morgan fingerprint density at radius 2 is 1.91 bits per heavy atom. The van der Waals surface area contributed by atoms with E-state index in [1.165, 1.54) is 13.2 Å². The van der Waals surface area contributed by atoms with E-state index >= 15 is 0 Å². The predicted molar refractivity (Wildman–Crippen MR) is 84.2 cm³/mol. The summed E-state index contributed by atoms with van der Waals surface area (Å²) < 4.78 is 9.71. The van der Waals surface area contributed by atoms with Crippen LogP contribution in [0.5, 0.6) is 0 Å². The first-order valence-corrected chi connectivity index (χ1v) is 7.24. The van der Waals surface area contributed by atoms with Crippen molar-refractivity contribution in [3.63, 3.8) is 0 Å². The summed E-state index contributed by atoms with van der Waals surface area (Å²) >= 11 is 0. The number of carbonyl (C=O) groups excluding carboxylic acids is 2. The second kappa shape index (κ2) is 9.60. The second-order valence-corrected chi connectivity index (χ2v) is 5.22. The third-order valence-corrected chi connectivity index (χ3v) is 3.17. The van der Waals surface area contributed by atoms with Gasteiger partial charge in [0.2, 0.25) is 0 Å². The number of methoxy groups -OCH3 is 1. The zero-order valence-corrected chi connectivity index (χ0v) is 13.2. The summed E-state index contributed by atoms with van der Waals surface area (Å²) in [5.41, 5.74) is 0.935. The number of alkyl carbamates (subject to hydrolysis) is 1. The van der Waals surface area contributed by atoms with Crippen LogP contribution in [-0.4, -0.2) is 25.2 Å². The van der Waals surface area contributed by atoms with Crippen LogP contribution < -0.4 is 5.32 Å². The third kappa shape index (κ3) is 6.92. The molecular weight excluding hydrogens is 282 g/mol. The molecule has 0 aliphatic heterocycles. The van der Waals surface area contributed by atoms with Gasteiger partial charge in [0.25, 0.3) is 0 Å². The van der Waals surface area contributed by atoms with Gasteiger partial charge in [-0.05, 0) is 17.9 Å². The zero-order chi connectivity index (χ0) is 16.4. The lowest BCUT2D eigenvalue weighted by atomic mass is 10.0. The average molecular weight is 305 g/mol. The number of esters is 1. The van der Waals surface area contributed by atoms with Crippen LogP contribution in [-0.2, 0) is 20.9 Å². The zero-order valence-electron chi connectivity index (χ0n) is 13.2. The highest BCUT2D eigenvalue weighted by molar-refractivity contribution is 5.81. The Hall–Kier alpha value is -2.30. The van der Waals surface area contributed by atoms with Gasteiger partial charge in [-0.15, -0.1) is 0 Å². The summed E-state index contributed by atoms with van der Waals surface area (Å²) in [6, 6.07) is 9.38. The lowest BCUT2D eigenvalue weighted by molar-refractivity contribution is -0.134. The molecule has 1 aromatic carbocycles. The van der Waals surface area contributed by atoms with Gasteiger partial charge in [0.05, 0.1) is 7.11 Å². The van der Waals surface area contributed by atoms with Crippen molar-refractivity contribution < 1.29 is 19.1 Å². The molecule has 22 heavy (non-hydrogen) atoms. The molecule has 5 heteroatoms. The number of amides is 1. The van der Waals surface area contributed by atoms with Gasteiger partial charge in [0.15, 0.2) is 0 Å². The number of carbonyl (C=O) groups is 2. The highest BCUT2D eigenvalue weighted by Gasteiger charge is 2.15. The Balaban J connectivity index is 2.43. The minimum Gasteiger partial charge on any atom is -0.466 e. The summed E-state index contributed by atoms with van der Waals surface area (Å²) in [6.45, 7) is 4.22. The molecule has 0 spiro atoms. The molecule has 0 bridgehead atoms. The molecule has 0 saturated heterocycles. The first kappa shape index (κ1) is 17.8. The monoisotopic (exact) mass is 305 g/mol. The molecule has 0 saturated carbocycles. The van der Waals surface area contributed by atoms with Crippen molar-refractivity contribution in [2.45, 2.75) is 32.9 Å². The largest absolute Gasteiger partial charge is 0.466 e. The number of ether oxygens (including phenoxy) is 2. The fourth-order valence-corrected chi connectivity index (χ4v) is 1.79. The molecule has 5 nitrogen and oxygen atoms in total. The van der Waals surface area contributed by atoms with Crippen LogP contribution in [0.2, 0.25) is 0 Å². The van der Waals surface area contributed by atoms with E-state index in [1.807, 2.05) is 44.2 Å². The third-order valence-electron chi connectivity index (χ3n) is 3.17. The number of hydrogen-bond donors (Lipinski definition) is 1. The topological polar surface area (TPSA) is 64.6 Å². The van der Waals surface area contributed by atoms with Gasteiger partial charge in [-0.2, -0.15) is 0 Å². The summed E-state index contributed by atoms with van der Waals surface area (Å²) in [7, 11) is 1.33. The Kier molecular flexibility index (Phi) is 7.75. The molecule has 0 aromatic heterocycles. The Morgan fingerprint density at radius 1 is 1.23 bits per heavy atom. The van der Waals surface area contributed by atoms with E-state index < -0.39 is 12.1 Å². The highest BCUT2D eigenvalue weighted by Crippen LogP contribution is 2.08. The van der Waals surface area contributed by atoms with Gasteiger partial charge in [-0.3, -0.25) is 0 Å². The Labute approximate surface area is 131 Å². The van der Waals surface area contributed by atoms with E-state index in [-0.39, 0.29) is 18.6 Å². The van der Waals surface area contributed by atoms with Crippen molar-refractivity contribution in [2.75, 3.05) is 7.11 Å². The normalized spacial score (nSPS) is 12.2. The molecule has 0 aliphatic rings. The number of rotatable bonds is 7. The minimum absolute atomic E-state index is 0.107. The van der Waals surface area contributed by atoms with Crippen LogP contribution in [0, 0.1) is 5.92 Å². The smallest absolute Gasteiger partial charge is 0.407 e. The van der Waals surface area contributed by atoms with Crippen molar-refractivity contribution >= 4 is 12.1 Å². The van der Waals surface area contributed by atoms with Gasteiger partial charge < -0.3 is 14.8 Å². The molecule has 1 amide bonds. The van der Waals surface area contributed by atoms with Gasteiger partial charge in [0, 0.05) is 12.1 Å². The molecule has 120 valence electrons. The highest BCUT2D eigenvalue weighted by atomic mass is 16.5. The molecule has 0 radical (unpaired) electrons. The molecule has 1 aromatic rings. The standard InChI is InChI=1S/C17H23NO4/c1-13(2)15(10-7-11-16(19)21-3)18-17(20)22-12-14-8-5-4-6-9-14/h4-9,11,13,15H,10,12H2,1-3H3,(H,18,20)/b11-7+/t15-/m1/s1. The SMILES string of the molecule is COC(=O)/C=C/C[C@@H](NC(=O)OCc1ccccc1)C(C)C. The van der Waals surface area contributed by atoms with E-state index in [4.69, 9.17) is 4.74 Å². The maximum Gasteiger partial charge on any atom is 0.407 e. The first-order chi connectivity index (χ1) is 10.5. The molecule has 0 unspecified atom stereocenters. The quantitative estimate of drug-likeness (QED) is 0.621. The van der Waals surface area contributed by atoms with E-state index in [2.05, 4.69) is 10.1 Å². The average Bonchev–Trinajstić information content (AvgIpc) is 2.52. The summed E-state index contributed by atoms with van der Waals surface area (Å²) in [5.74, 6) is -0.194. The van der Waals surface area contributed by atoms with E-state index in [9.17, 15) is 9.59 Å². The van der Waals surface area contributed by atoms with Gasteiger partial charge >= 0.3 is 12.1 Å². The minimum atomic E-state index is -0.464. The lowest BCUT2D eigenvalue weighted by Crippen LogP contribution is -2.38. The number of benzene rings is 1. The van der Waals surface area contributed by atoms with Gasteiger partial charge in [-0.1, -0.05) is 50.3 Å². The van der Waals surface area contributed by atoms with Crippen molar-refractivity contribution in [1.29, 1.82) is 0 Å². The van der Waals surface area contributed by atoms with E-state index in [0.717, 1.165) is 5.56 Å². The molecule has 0 aliphatic carbocycles. The van der Waals surface area contributed by atoms with Crippen molar-refractivity contribution in [2.24, 2.45) is 5.92 Å². The summed E-state index contributed by atoms with van der Waals surface area (Å²) in [4.78, 5) is 22.9. The molecule has 0 heterocycles. The number of nitrogens with one attached hydrogen (secondary N) is 1. The van der Waals surface area contributed by atoms with Gasteiger partial charge in [0.1, 0.15) is 6.61 Å². The van der Waals surface area contributed by atoms with Crippen molar-refractivity contribution in [3.05, 3.63) is 48.0 Å². The fraction of sp³-hybridized carbons (Fsp3) is 0.412. The molecule has 1 N–H and O–H groups in total. The fourth-order valence-electron chi connectivity index (χ4n) is 1.79. The first-order valence-electron chi connectivity index (χ1n) is 7.24. The van der Waals surface area contributed by atoms with E-state index in [1.54, 1.807) is 6.08 Å². The maximum absolute atomic E-state index is 11.8. The predicted octanol–water partition coefficient (Wildman–Crippen LogP) is 3.06.